The first kappa shape index (κ1) is 13.2. The van der Waals surface area contributed by atoms with Gasteiger partial charge in [-0.2, -0.15) is 10.2 Å². The number of pyridine rings is 1. The van der Waals surface area contributed by atoms with E-state index in [1.807, 2.05) is 18.2 Å². The molecular weight excluding hydrogens is 280 g/mol. The molecule has 0 bridgehead atoms. The minimum atomic E-state index is -2.68. The molecule has 1 amide bonds. The normalized spacial score (nSPS) is 11.2. The van der Waals surface area contributed by atoms with Crippen LogP contribution < -0.4 is 5.32 Å². The van der Waals surface area contributed by atoms with Gasteiger partial charge in [0.25, 0.3) is 12.3 Å². The van der Waals surface area contributed by atoms with E-state index < -0.39 is 12.3 Å². The van der Waals surface area contributed by atoms with Crippen LogP contribution >= 0.6 is 0 Å². The Morgan fingerprint density at radius 1 is 1.43 bits per heavy atom. The molecule has 0 aliphatic carbocycles. The summed E-state index contributed by atoms with van der Waals surface area (Å²) in [6.45, 7) is 0.256. The molecule has 0 aromatic carbocycles. The van der Waals surface area contributed by atoms with Crippen LogP contribution in [0.4, 0.5) is 8.78 Å². The largest absolute Gasteiger partial charge is 0.346 e. The monoisotopic (exact) mass is 291 g/mol. The lowest BCUT2D eigenvalue weighted by Crippen LogP contribution is -2.23. The van der Waals surface area contributed by atoms with E-state index in [9.17, 15) is 13.6 Å². The average molecular weight is 291 g/mol. The lowest BCUT2D eigenvalue weighted by Gasteiger charge is -2.05. The Morgan fingerprint density at radius 3 is 3.05 bits per heavy atom. The van der Waals surface area contributed by atoms with Crippen molar-refractivity contribution in [1.29, 1.82) is 0 Å². The van der Waals surface area contributed by atoms with Gasteiger partial charge in [-0.1, -0.05) is 6.07 Å². The Bertz CT molecular complexity index is 780. The smallest absolute Gasteiger partial charge is 0.279 e. The fourth-order valence-corrected chi connectivity index (χ4v) is 1.99. The second-order valence-corrected chi connectivity index (χ2v) is 4.39. The first-order valence-corrected chi connectivity index (χ1v) is 6.18. The Labute approximate surface area is 117 Å². The van der Waals surface area contributed by atoms with Gasteiger partial charge in [-0.3, -0.25) is 9.89 Å². The van der Waals surface area contributed by atoms with Crippen LogP contribution in [0.15, 0.2) is 36.7 Å². The fourth-order valence-electron chi connectivity index (χ4n) is 1.99. The van der Waals surface area contributed by atoms with Crippen LogP contribution in [-0.4, -0.2) is 25.7 Å². The lowest BCUT2D eigenvalue weighted by molar-refractivity contribution is 0.0946. The highest BCUT2D eigenvalue weighted by Gasteiger charge is 2.15. The maximum atomic E-state index is 12.4. The Morgan fingerprint density at radius 2 is 2.29 bits per heavy atom. The quantitative estimate of drug-likeness (QED) is 0.771. The molecular formula is C13H11F2N5O. The number of amides is 1. The van der Waals surface area contributed by atoms with Gasteiger partial charge in [0, 0.05) is 18.9 Å². The van der Waals surface area contributed by atoms with E-state index in [1.165, 1.54) is 0 Å². The van der Waals surface area contributed by atoms with Gasteiger partial charge in [0.15, 0.2) is 0 Å². The van der Waals surface area contributed by atoms with Gasteiger partial charge >= 0.3 is 0 Å². The van der Waals surface area contributed by atoms with E-state index in [2.05, 4.69) is 20.6 Å². The maximum absolute atomic E-state index is 12.4. The van der Waals surface area contributed by atoms with Crippen LogP contribution in [0.25, 0.3) is 5.52 Å². The molecule has 0 spiro atoms. The molecule has 0 unspecified atom stereocenters. The number of alkyl halides is 2. The predicted octanol–water partition coefficient (Wildman–Crippen LogP) is 1.93. The number of H-pyrrole nitrogens is 1. The van der Waals surface area contributed by atoms with E-state index in [0.717, 1.165) is 17.1 Å². The number of carbonyl (C=O) groups is 1. The first-order valence-electron chi connectivity index (χ1n) is 6.18. The van der Waals surface area contributed by atoms with Crippen LogP contribution in [0.2, 0.25) is 0 Å². The zero-order valence-corrected chi connectivity index (χ0v) is 10.8. The number of hydrogen-bond donors (Lipinski definition) is 2. The summed E-state index contributed by atoms with van der Waals surface area (Å²) in [6, 6.07) is 6.53. The highest BCUT2D eigenvalue weighted by molar-refractivity contribution is 5.92. The zero-order chi connectivity index (χ0) is 14.8. The van der Waals surface area contributed by atoms with Crippen molar-refractivity contribution in [3.8, 4) is 0 Å². The second kappa shape index (κ2) is 5.31. The molecule has 0 aliphatic heterocycles. The molecule has 3 aromatic heterocycles. The number of carbonyl (C=O) groups excluding carboxylic acids is 1. The molecule has 0 saturated heterocycles. The third kappa shape index (κ3) is 2.60. The highest BCUT2D eigenvalue weighted by atomic mass is 19.3. The molecule has 0 saturated carbocycles. The van der Waals surface area contributed by atoms with Gasteiger partial charge in [-0.05, 0) is 23.8 Å². The average Bonchev–Trinajstić information content (AvgIpc) is 3.13. The number of aromatic nitrogens is 4. The molecule has 0 fully saturated rings. The summed E-state index contributed by atoms with van der Waals surface area (Å²) in [7, 11) is 0. The van der Waals surface area contributed by atoms with Crippen LogP contribution in [0, 0.1) is 0 Å². The van der Waals surface area contributed by atoms with Crippen LogP contribution in [-0.2, 0) is 6.54 Å². The molecule has 3 heterocycles. The summed E-state index contributed by atoms with van der Waals surface area (Å²) in [4.78, 5) is 11.9. The summed E-state index contributed by atoms with van der Waals surface area (Å²) in [6.07, 6.45) is 0.770. The van der Waals surface area contributed by atoms with Crippen molar-refractivity contribution in [3.63, 3.8) is 0 Å². The van der Waals surface area contributed by atoms with Gasteiger partial charge in [0.2, 0.25) is 0 Å². The number of halogens is 2. The standard InChI is InChI=1S/C13H11F2N5O/c14-12(15)9-6-10(19-18-9)13(21)16-7-8-2-1-5-20-11(8)3-4-17-20/h1-6,12H,7H2,(H,16,21)(H,18,19). The molecule has 0 atom stereocenters. The minimum absolute atomic E-state index is 0.0641. The molecule has 108 valence electrons. The third-order valence-electron chi connectivity index (χ3n) is 3.03. The van der Waals surface area contributed by atoms with Gasteiger partial charge in [-0.15, -0.1) is 0 Å². The summed E-state index contributed by atoms with van der Waals surface area (Å²) >= 11 is 0. The SMILES string of the molecule is O=C(NCc1cccn2nccc12)c1cc(C(F)F)[nH]n1. The molecule has 21 heavy (non-hydrogen) atoms. The summed E-state index contributed by atoms with van der Waals surface area (Å²) in [5, 5.41) is 12.4. The highest BCUT2D eigenvalue weighted by Crippen LogP contribution is 2.16. The van der Waals surface area contributed by atoms with Crippen molar-refractivity contribution >= 4 is 11.4 Å². The second-order valence-electron chi connectivity index (χ2n) is 4.39. The Balaban J connectivity index is 1.72. The molecule has 6 nitrogen and oxygen atoms in total. The zero-order valence-electron chi connectivity index (χ0n) is 10.8. The van der Waals surface area contributed by atoms with Crippen LogP contribution in [0.3, 0.4) is 0 Å². The third-order valence-corrected chi connectivity index (χ3v) is 3.03. The van der Waals surface area contributed by atoms with Crippen LogP contribution in [0.1, 0.15) is 28.2 Å². The summed E-state index contributed by atoms with van der Waals surface area (Å²) in [5.41, 5.74) is 1.30. The topological polar surface area (TPSA) is 75.1 Å². The van der Waals surface area contributed by atoms with E-state index in [0.29, 0.717) is 0 Å². The predicted molar refractivity (Wildman–Crippen MR) is 69.9 cm³/mol. The number of nitrogens with one attached hydrogen (secondary N) is 2. The lowest BCUT2D eigenvalue weighted by atomic mass is 10.2. The number of fused-ring (bicyclic) bond motifs is 1. The van der Waals surface area contributed by atoms with E-state index in [-0.39, 0.29) is 17.9 Å². The van der Waals surface area contributed by atoms with Crippen molar-refractivity contribution in [2.75, 3.05) is 0 Å². The van der Waals surface area contributed by atoms with Crippen molar-refractivity contribution in [2.24, 2.45) is 0 Å². The Kier molecular flexibility index (Phi) is 3.35. The summed E-state index contributed by atoms with van der Waals surface area (Å²) in [5.74, 6) is -0.514. The number of aromatic amines is 1. The van der Waals surface area contributed by atoms with Crippen molar-refractivity contribution in [1.82, 2.24) is 25.1 Å². The molecule has 0 aliphatic rings. The van der Waals surface area contributed by atoms with Crippen LogP contribution in [0.5, 0.6) is 0 Å². The molecule has 3 aromatic rings. The van der Waals surface area contributed by atoms with Crippen molar-refractivity contribution < 1.29 is 13.6 Å². The van der Waals surface area contributed by atoms with E-state index in [1.54, 1.807) is 16.9 Å². The number of hydrogen-bond acceptors (Lipinski definition) is 3. The molecule has 0 radical (unpaired) electrons. The van der Waals surface area contributed by atoms with Crippen molar-refractivity contribution in [2.45, 2.75) is 13.0 Å². The fraction of sp³-hybridized carbons (Fsp3) is 0.154. The van der Waals surface area contributed by atoms with E-state index >= 15 is 0 Å². The molecule has 8 heteroatoms. The van der Waals surface area contributed by atoms with E-state index in [4.69, 9.17) is 0 Å². The maximum Gasteiger partial charge on any atom is 0.279 e. The minimum Gasteiger partial charge on any atom is -0.346 e. The number of rotatable bonds is 4. The van der Waals surface area contributed by atoms with Gasteiger partial charge in [0.1, 0.15) is 11.4 Å². The molecule has 2 N–H and O–H groups in total. The van der Waals surface area contributed by atoms with Gasteiger partial charge < -0.3 is 5.32 Å². The number of nitrogens with zero attached hydrogens (tertiary/aromatic N) is 3. The molecule has 3 rings (SSSR count). The first-order chi connectivity index (χ1) is 10.1. The van der Waals surface area contributed by atoms with Gasteiger partial charge in [-0.25, -0.2) is 13.3 Å². The van der Waals surface area contributed by atoms with Gasteiger partial charge in [0.05, 0.1) is 5.52 Å². The summed E-state index contributed by atoms with van der Waals surface area (Å²) < 4.78 is 26.5. The van der Waals surface area contributed by atoms with Crippen molar-refractivity contribution in [3.05, 3.63) is 53.6 Å². The Hall–Kier alpha value is -2.77.